The Labute approximate surface area is 174 Å². The molecule has 152 valence electrons. The maximum atomic E-state index is 12.9. The van der Waals surface area contributed by atoms with Gasteiger partial charge in [-0.05, 0) is 12.1 Å². The van der Waals surface area contributed by atoms with Crippen LogP contribution in [0.4, 0.5) is 5.82 Å². The molecule has 0 N–H and O–H groups in total. The van der Waals surface area contributed by atoms with Gasteiger partial charge in [0.2, 0.25) is 6.10 Å². The van der Waals surface area contributed by atoms with Gasteiger partial charge in [-0.2, -0.15) is 0 Å². The third-order valence-electron chi connectivity index (χ3n) is 5.42. The van der Waals surface area contributed by atoms with Crippen molar-refractivity contribution < 1.29 is 14.3 Å². The third-order valence-corrected chi connectivity index (χ3v) is 5.42. The first-order valence-electron chi connectivity index (χ1n) is 10.1. The monoisotopic (exact) mass is 402 g/mol. The number of para-hydroxylation sites is 2. The number of carbonyl (C=O) groups excluding carboxylic acids is 1. The molecule has 0 spiro atoms. The molecule has 1 amide bonds. The van der Waals surface area contributed by atoms with Gasteiger partial charge in [-0.25, -0.2) is 9.97 Å². The molecule has 0 aliphatic carbocycles. The van der Waals surface area contributed by atoms with E-state index in [1.54, 1.807) is 6.33 Å². The second-order valence-corrected chi connectivity index (χ2v) is 7.30. The van der Waals surface area contributed by atoms with E-state index >= 15 is 0 Å². The second kappa shape index (κ2) is 8.02. The number of nitrogens with zero attached hydrogens (tertiary/aromatic N) is 4. The van der Waals surface area contributed by atoms with Gasteiger partial charge in [0.1, 0.15) is 18.8 Å². The highest BCUT2D eigenvalue weighted by atomic mass is 16.6. The van der Waals surface area contributed by atoms with Crippen LogP contribution in [0.5, 0.6) is 11.5 Å². The van der Waals surface area contributed by atoms with Crippen LogP contribution in [-0.4, -0.2) is 59.7 Å². The summed E-state index contributed by atoms with van der Waals surface area (Å²) in [6, 6.07) is 19.5. The molecule has 0 bridgehead atoms. The Morgan fingerprint density at radius 1 is 0.900 bits per heavy atom. The van der Waals surface area contributed by atoms with Crippen LogP contribution >= 0.6 is 0 Å². The maximum Gasteiger partial charge on any atom is 0.267 e. The minimum Gasteiger partial charge on any atom is -0.485 e. The minimum absolute atomic E-state index is 0.0307. The Hall–Kier alpha value is -3.61. The molecule has 0 saturated carbocycles. The number of aromatic nitrogens is 2. The Balaban J connectivity index is 1.22. The van der Waals surface area contributed by atoms with Gasteiger partial charge in [-0.3, -0.25) is 4.79 Å². The van der Waals surface area contributed by atoms with Crippen LogP contribution in [0.25, 0.3) is 11.3 Å². The number of hydrogen-bond donors (Lipinski definition) is 0. The summed E-state index contributed by atoms with van der Waals surface area (Å²) in [5, 5.41) is 0. The van der Waals surface area contributed by atoms with E-state index in [-0.39, 0.29) is 12.5 Å². The lowest BCUT2D eigenvalue weighted by Crippen LogP contribution is -2.54. The fourth-order valence-corrected chi connectivity index (χ4v) is 3.79. The second-order valence-electron chi connectivity index (χ2n) is 7.30. The Morgan fingerprint density at radius 2 is 1.63 bits per heavy atom. The van der Waals surface area contributed by atoms with Crippen molar-refractivity contribution in [2.75, 3.05) is 37.7 Å². The van der Waals surface area contributed by atoms with Gasteiger partial charge in [-0.1, -0.05) is 42.5 Å². The number of piperazine rings is 1. The van der Waals surface area contributed by atoms with Crippen molar-refractivity contribution in [3.63, 3.8) is 0 Å². The van der Waals surface area contributed by atoms with E-state index < -0.39 is 6.10 Å². The summed E-state index contributed by atoms with van der Waals surface area (Å²) in [4.78, 5) is 25.8. The number of carbonyl (C=O) groups is 1. The number of amides is 1. The molecule has 7 heteroatoms. The molecule has 0 radical (unpaired) electrons. The Bertz CT molecular complexity index is 1040. The van der Waals surface area contributed by atoms with Crippen molar-refractivity contribution in [3.05, 3.63) is 67.0 Å². The van der Waals surface area contributed by atoms with Crippen LogP contribution in [0, 0.1) is 0 Å². The molecule has 2 aliphatic heterocycles. The largest absolute Gasteiger partial charge is 0.485 e. The van der Waals surface area contributed by atoms with Crippen molar-refractivity contribution in [2.45, 2.75) is 6.10 Å². The SMILES string of the molecule is O=C(C1COc2ccccc2O1)N1CCN(c2cc(-c3ccccc3)ncn2)CC1. The third kappa shape index (κ3) is 3.66. The number of benzene rings is 2. The summed E-state index contributed by atoms with van der Waals surface area (Å²) in [7, 11) is 0. The lowest BCUT2D eigenvalue weighted by Gasteiger charge is -2.37. The number of hydrogen-bond acceptors (Lipinski definition) is 6. The number of anilines is 1. The molecule has 3 heterocycles. The summed E-state index contributed by atoms with van der Waals surface area (Å²) in [5.41, 5.74) is 1.95. The van der Waals surface area contributed by atoms with Crippen molar-refractivity contribution in [1.82, 2.24) is 14.9 Å². The summed E-state index contributed by atoms with van der Waals surface area (Å²) >= 11 is 0. The van der Waals surface area contributed by atoms with Gasteiger partial charge in [0.15, 0.2) is 11.5 Å². The highest BCUT2D eigenvalue weighted by Crippen LogP contribution is 2.31. The van der Waals surface area contributed by atoms with Crippen LogP contribution in [-0.2, 0) is 4.79 Å². The molecule has 30 heavy (non-hydrogen) atoms. The maximum absolute atomic E-state index is 12.9. The van der Waals surface area contributed by atoms with E-state index in [1.165, 1.54) is 0 Å². The number of rotatable bonds is 3. The van der Waals surface area contributed by atoms with E-state index in [2.05, 4.69) is 14.9 Å². The van der Waals surface area contributed by atoms with E-state index in [0.29, 0.717) is 37.7 Å². The molecule has 3 aromatic rings. The number of ether oxygens (including phenoxy) is 2. The first-order valence-corrected chi connectivity index (χ1v) is 10.1. The topological polar surface area (TPSA) is 67.8 Å². The molecule has 7 nitrogen and oxygen atoms in total. The molecule has 1 fully saturated rings. The summed E-state index contributed by atoms with van der Waals surface area (Å²) in [5.74, 6) is 2.15. The first kappa shape index (κ1) is 18.4. The fourth-order valence-electron chi connectivity index (χ4n) is 3.79. The van der Waals surface area contributed by atoms with Gasteiger partial charge in [0, 0.05) is 37.8 Å². The highest BCUT2D eigenvalue weighted by molar-refractivity contribution is 5.82. The normalized spacial score (nSPS) is 18.2. The molecule has 2 aromatic carbocycles. The van der Waals surface area contributed by atoms with Crippen molar-refractivity contribution in [2.24, 2.45) is 0 Å². The first-order chi connectivity index (χ1) is 14.8. The van der Waals surface area contributed by atoms with Crippen LogP contribution in [0.1, 0.15) is 0 Å². The Morgan fingerprint density at radius 3 is 2.43 bits per heavy atom. The zero-order valence-electron chi connectivity index (χ0n) is 16.5. The molecule has 5 rings (SSSR count). The van der Waals surface area contributed by atoms with E-state index in [0.717, 1.165) is 17.1 Å². The zero-order chi connectivity index (χ0) is 20.3. The molecule has 1 atom stereocenters. The van der Waals surface area contributed by atoms with Gasteiger partial charge >= 0.3 is 0 Å². The van der Waals surface area contributed by atoms with Crippen molar-refractivity contribution >= 4 is 11.7 Å². The minimum atomic E-state index is -0.602. The summed E-state index contributed by atoms with van der Waals surface area (Å²) < 4.78 is 11.6. The summed E-state index contributed by atoms with van der Waals surface area (Å²) in [6.45, 7) is 2.89. The quantitative estimate of drug-likeness (QED) is 0.671. The average Bonchev–Trinajstić information content (AvgIpc) is 2.84. The molecule has 1 aromatic heterocycles. The predicted octanol–water partition coefficient (Wildman–Crippen LogP) is 2.63. The van der Waals surface area contributed by atoms with Gasteiger partial charge < -0.3 is 19.3 Å². The van der Waals surface area contributed by atoms with E-state index in [9.17, 15) is 4.79 Å². The number of fused-ring (bicyclic) bond motifs is 1. The van der Waals surface area contributed by atoms with Gasteiger partial charge in [0.05, 0.1) is 5.69 Å². The molecule has 1 unspecified atom stereocenters. The van der Waals surface area contributed by atoms with E-state index in [4.69, 9.17) is 9.47 Å². The molecule has 2 aliphatic rings. The fraction of sp³-hybridized carbons (Fsp3) is 0.261. The van der Waals surface area contributed by atoms with Gasteiger partial charge in [0.25, 0.3) is 5.91 Å². The molecular formula is C23H22N4O3. The highest BCUT2D eigenvalue weighted by Gasteiger charge is 2.32. The lowest BCUT2D eigenvalue weighted by atomic mass is 10.1. The van der Waals surface area contributed by atoms with Crippen molar-refractivity contribution in [1.29, 1.82) is 0 Å². The van der Waals surface area contributed by atoms with E-state index in [1.807, 2.05) is 65.6 Å². The smallest absolute Gasteiger partial charge is 0.267 e. The van der Waals surface area contributed by atoms with Crippen molar-refractivity contribution in [3.8, 4) is 22.8 Å². The average molecular weight is 402 g/mol. The predicted molar refractivity (Wildman–Crippen MR) is 113 cm³/mol. The standard InChI is InChI=1S/C23H22N4O3/c28-23(21-15-29-19-8-4-5-9-20(19)30-21)27-12-10-26(11-13-27)22-14-18(24-16-25-22)17-6-2-1-3-7-17/h1-9,14,16,21H,10-13,15H2. The molecule has 1 saturated heterocycles. The van der Waals surface area contributed by atoms with Crippen LogP contribution in [0.15, 0.2) is 67.0 Å². The Kier molecular flexibility index (Phi) is 4.93. The van der Waals surface area contributed by atoms with Gasteiger partial charge in [-0.15, -0.1) is 0 Å². The lowest BCUT2D eigenvalue weighted by molar-refractivity contribution is -0.141. The summed E-state index contributed by atoms with van der Waals surface area (Å²) in [6.07, 6.45) is 0.995. The van der Waals surface area contributed by atoms with Crippen LogP contribution in [0.2, 0.25) is 0 Å². The van der Waals surface area contributed by atoms with Crippen LogP contribution in [0.3, 0.4) is 0 Å². The van der Waals surface area contributed by atoms with Crippen LogP contribution < -0.4 is 14.4 Å². The zero-order valence-corrected chi connectivity index (χ0v) is 16.5. The molecular weight excluding hydrogens is 380 g/mol.